The van der Waals surface area contributed by atoms with Gasteiger partial charge in [0.2, 0.25) is 0 Å². The summed E-state index contributed by atoms with van der Waals surface area (Å²) in [6.07, 6.45) is 2.67. The molecule has 0 aliphatic rings. The maximum atomic E-state index is 12.5. The number of furan rings is 1. The number of amides is 1. The predicted molar refractivity (Wildman–Crippen MR) is 101 cm³/mol. The van der Waals surface area contributed by atoms with Gasteiger partial charge in [-0.3, -0.25) is 4.79 Å². The lowest BCUT2D eigenvalue weighted by molar-refractivity contribution is 0.0929. The van der Waals surface area contributed by atoms with E-state index in [4.69, 9.17) is 9.15 Å². The zero-order chi connectivity index (χ0) is 19.3. The summed E-state index contributed by atoms with van der Waals surface area (Å²) in [4.78, 5) is 12.5. The Morgan fingerprint density at radius 2 is 1.85 bits per heavy atom. The van der Waals surface area contributed by atoms with Crippen LogP contribution in [0.1, 0.15) is 21.7 Å². The monoisotopic (exact) mass is 385 g/mol. The lowest BCUT2D eigenvalue weighted by Gasteiger charge is -2.10. The van der Waals surface area contributed by atoms with Crippen molar-refractivity contribution in [3.05, 3.63) is 83.8 Å². The smallest absolute Gasteiger partial charge is 0.256 e. The topological polar surface area (TPSA) is 85.6 Å². The minimum atomic E-state index is -3.50. The lowest BCUT2D eigenvalue weighted by Crippen LogP contribution is -2.16. The minimum absolute atomic E-state index is 0.000403. The first kappa shape index (κ1) is 18.9. The first-order valence-corrected chi connectivity index (χ1v) is 10.1. The van der Waals surface area contributed by atoms with Crippen LogP contribution in [0.4, 0.5) is 5.69 Å². The third-order valence-corrected chi connectivity index (χ3v) is 4.96. The summed E-state index contributed by atoms with van der Waals surface area (Å²) < 4.78 is 34.5. The summed E-state index contributed by atoms with van der Waals surface area (Å²) in [5.41, 5.74) is 1.54. The fourth-order valence-corrected chi connectivity index (χ4v) is 3.47. The molecule has 2 aromatic carbocycles. The molecule has 3 aromatic rings. The van der Waals surface area contributed by atoms with E-state index in [2.05, 4.69) is 5.32 Å². The molecule has 0 radical (unpaired) electrons. The summed E-state index contributed by atoms with van der Waals surface area (Å²) in [7, 11) is -3.50. The zero-order valence-corrected chi connectivity index (χ0v) is 15.5. The van der Waals surface area contributed by atoms with Gasteiger partial charge in [-0.1, -0.05) is 24.3 Å². The van der Waals surface area contributed by atoms with Crippen LogP contribution >= 0.6 is 0 Å². The van der Waals surface area contributed by atoms with E-state index in [1.165, 1.54) is 12.1 Å². The van der Waals surface area contributed by atoms with Gasteiger partial charge in [0.15, 0.2) is 9.84 Å². The van der Waals surface area contributed by atoms with E-state index in [1.807, 2.05) is 12.1 Å². The third-order valence-electron chi connectivity index (χ3n) is 3.81. The van der Waals surface area contributed by atoms with Crippen LogP contribution in [0, 0.1) is 0 Å². The molecular formula is C20H19NO5S. The average Bonchev–Trinajstić information content (AvgIpc) is 3.15. The number of hydrogen-bond donors (Lipinski definition) is 1. The summed E-state index contributed by atoms with van der Waals surface area (Å²) in [5.74, 6) is 0.251. The van der Waals surface area contributed by atoms with Crippen molar-refractivity contribution in [2.24, 2.45) is 0 Å². The highest BCUT2D eigenvalue weighted by Crippen LogP contribution is 2.18. The van der Waals surface area contributed by atoms with Crippen molar-refractivity contribution in [3.63, 3.8) is 0 Å². The lowest BCUT2D eigenvalue weighted by atomic mass is 10.2. The normalized spacial score (nSPS) is 11.3. The number of ether oxygens (including phenoxy) is 1. The van der Waals surface area contributed by atoms with Crippen molar-refractivity contribution < 1.29 is 22.4 Å². The first-order chi connectivity index (χ1) is 12.9. The highest BCUT2D eigenvalue weighted by atomic mass is 32.2. The molecule has 0 fully saturated rings. The van der Waals surface area contributed by atoms with E-state index in [-0.39, 0.29) is 10.5 Å². The SMILES string of the molecule is CS(=O)(=O)c1ccccc1C(=O)Nc1cccc(COCc2ccco2)c1. The van der Waals surface area contributed by atoms with Gasteiger partial charge in [-0.05, 0) is 42.0 Å². The van der Waals surface area contributed by atoms with Gasteiger partial charge in [-0.2, -0.15) is 0 Å². The minimum Gasteiger partial charge on any atom is -0.467 e. The predicted octanol–water partition coefficient (Wildman–Crippen LogP) is 3.65. The molecule has 1 amide bonds. The van der Waals surface area contributed by atoms with Crippen LogP contribution in [-0.2, 0) is 27.8 Å². The quantitative estimate of drug-likeness (QED) is 0.671. The van der Waals surface area contributed by atoms with Gasteiger partial charge >= 0.3 is 0 Å². The molecule has 1 heterocycles. The Hall–Kier alpha value is -2.90. The van der Waals surface area contributed by atoms with E-state index in [0.717, 1.165) is 17.6 Å². The van der Waals surface area contributed by atoms with Crippen molar-refractivity contribution in [1.29, 1.82) is 0 Å². The molecule has 0 aliphatic carbocycles. The van der Waals surface area contributed by atoms with Crippen molar-refractivity contribution in [2.45, 2.75) is 18.1 Å². The number of carbonyl (C=O) groups is 1. The molecule has 1 aromatic heterocycles. The number of benzene rings is 2. The van der Waals surface area contributed by atoms with Crippen LogP contribution in [-0.4, -0.2) is 20.6 Å². The van der Waals surface area contributed by atoms with Gasteiger partial charge < -0.3 is 14.5 Å². The van der Waals surface area contributed by atoms with Crippen LogP contribution < -0.4 is 5.32 Å². The van der Waals surface area contributed by atoms with Crippen LogP contribution in [0.25, 0.3) is 0 Å². The fraction of sp³-hybridized carbons (Fsp3) is 0.150. The summed E-state index contributed by atoms with van der Waals surface area (Å²) in [6.45, 7) is 0.704. The molecule has 7 heteroatoms. The molecule has 0 spiro atoms. The molecule has 0 atom stereocenters. The number of carbonyl (C=O) groups excluding carboxylic acids is 1. The number of anilines is 1. The molecule has 27 heavy (non-hydrogen) atoms. The molecule has 3 rings (SSSR count). The largest absolute Gasteiger partial charge is 0.467 e. The van der Waals surface area contributed by atoms with E-state index in [1.54, 1.807) is 42.7 Å². The van der Waals surface area contributed by atoms with E-state index in [0.29, 0.717) is 18.9 Å². The Bertz CT molecular complexity index is 1030. The molecule has 0 unspecified atom stereocenters. The van der Waals surface area contributed by atoms with Gasteiger partial charge in [-0.25, -0.2) is 8.42 Å². The van der Waals surface area contributed by atoms with E-state index in [9.17, 15) is 13.2 Å². The molecule has 0 saturated heterocycles. The Morgan fingerprint density at radius 3 is 2.59 bits per heavy atom. The van der Waals surface area contributed by atoms with Crippen LogP contribution in [0.15, 0.2) is 76.2 Å². The Morgan fingerprint density at radius 1 is 1.04 bits per heavy atom. The Labute approximate surface area is 157 Å². The summed E-state index contributed by atoms with van der Waals surface area (Å²) in [6, 6.07) is 16.9. The Kier molecular flexibility index (Phi) is 5.73. The highest BCUT2D eigenvalue weighted by Gasteiger charge is 2.18. The van der Waals surface area contributed by atoms with E-state index >= 15 is 0 Å². The summed E-state index contributed by atoms with van der Waals surface area (Å²) in [5, 5.41) is 2.74. The van der Waals surface area contributed by atoms with Crippen LogP contribution in [0.5, 0.6) is 0 Å². The average molecular weight is 385 g/mol. The van der Waals surface area contributed by atoms with Crippen molar-refractivity contribution in [3.8, 4) is 0 Å². The van der Waals surface area contributed by atoms with Crippen molar-refractivity contribution in [1.82, 2.24) is 0 Å². The number of sulfone groups is 1. The standard InChI is InChI=1S/C20H19NO5S/c1-27(23,24)19-10-3-2-9-18(19)20(22)21-16-7-4-6-15(12-16)13-25-14-17-8-5-11-26-17/h2-12H,13-14H2,1H3,(H,21,22). The molecule has 0 saturated carbocycles. The maximum absolute atomic E-state index is 12.5. The van der Waals surface area contributed by atoms with Gasteiger partial charge in [0, 0.05) is 11.9 Å². The number of hydrogen-bond acceptors (Lipinski definition) is 5. The van der Waals surface area contributed by atoms with Gasteiger partial charge in [0.1, 0.15) is 12.4 Å². The molecule has 0 aliphatic heterocycles. The Balaban J connectivity index is 1.68. The second kappa shape index (κ2) is 8.20. The van der Waals surface area contributed by atoms with Gasteiger partial charge in [-0.15, -0.1) is 0 Å². The second-order valence-corrected chi connectivity index (χ2v) is 7.98. The molecular weight excluding hydrogens is 366 g/mol. The third kappa shape index (κ3) is 5.06. The van der Waals surface area contributed by atoms with Crippen LogP contribution in [0.2, 0.25) is 0 Å². The number of rotatable bonds is 7. The first-order valence-electron chi connectivity index (χ1n) is 8.23. The number of nitrogens with one attached hydrogen (secondary N) is 1. The zero-order valence-electron chi connectivity index (χ0n) is 14.7. The molecule has 0 bridgehead atoms. The van der Waals surface area contributed by atoms with Gasteiger partial charge in [0.05, 0.1) is 23.3 Å². The molecule has 140 valence electrons. The van der Waals surface area contributed by atoms with Crippen molar-refractivity contribution >= 4 is 21.4 Å². The molecule has 6 nitrogen and oxygen atoms in total. The van der Waals surface area contributed by atoms with Gasteiger partial charge in [0.25, 0.3) is 5.91 Å². The fourth-order valence-electron chi connectivity index (χ4n) is 2.58. The van der Waals surface area contributed by atoms with E-state index < -0.39 is 15.7 Å². The summed E-state index contributed by atoms with van der Waals surface area (Å²) >= 11 is 0. The maximum Gasteiger partial charge on any atom is 0.256 e. The second-order valence-electron chi connectivity index (χ2n) is 5.99. The highest BCUT2D eigenvalue weighted by molar-refractivity contribution is 7.90. The molecule has 1 N–H and O–H groups in total. The van der Waals surface area contributed by atoms with Crippen molar-refractivity contribution in [2.75, 3.05) is 11.6 Å². The van der Waals surface area contributed by atoms with Crippen LogP contribution in [0.3, 0.4) is 0 Å².